The second-order valence-corrected chi connectivity index (χ2v) is 5.87. The molecule has 5 nitrogen and oxygen atoms in total. The van der Waals surface area contributed by atoms with Crippen molar-refractivity contribution in [3.8, 4) is 6.07 Å². The zero-order valence-corrected chi connectivity index (χ0v) is 12.5. The van der Waals surface area contributed by atoms with E-state index in [9.17, 15) is 9.90 Å². The Morgan fingerprint density at radius 2 is 2.10 bits per heavy atom. The molecule has 0 spiro atoms. The summed E-state index contributed by atoms with van der Waals surface area (Å²) in [4.78, 5) is 15.4. The summed E-state index contributed by atoms with van der Waals surface area (Å²) >= 11 is 0. The summed E-state index contributed by atoms with van der Waals surface area (Å²) in [6.07, 6.45) is 1.63. The zero-order chi connectivity index (χ0) is 15.5. The number of nitrogens with zero attached hydrogens (tertiary/aromatic N) is 3. The molecule has 0 bridgehead atoms. The van der Waals surface area contributed by atoms with Gasteiger partial charge in [-0.05, 0) is 37.1 Å². The number of benzene rings is 1. The van der Waals surface area contributed by atoms with Gasteiger partial charge in [-0.3, -0.25) is 4.79 Å². The van der Waals surface area contributed by atoms with Crippen molar-refractivity contribution in [2.45, 2.75) is 24.9 Å². The van der Waals surface area contributed by atoms with E-state index < -0.39 is 5.60 Å². The van der Waals surface area contributed by atoms with E-state index in [2.05, 4.69) is 11.0 Å². The van der Waals surface area contributed by atoms with Gasteiger partial charge in [-0.2, -0.15) is 5.26 Å². The van der Waals surface area contributed by atoms with Gasteiger partial charge >= 0.3 is 0 Å². The number of hydrogen-bond acceptors (Lipinski definition) is 4. The van der Waals surface area contributed by atoms with Crippen LogP contribution in [0.1, 0.15) is 24.8 Å². The lowest BCUT2D eigenvalue weighted by atomic mass is 9.88. The summed E-state index contributed by atoms with van der Waals surface area (Å²) in [6.45, 7) is 1.29. The lowest BCUT2D eigenvalue weighted by Gasteiger charge is -2.40. The third-order valence-corrected chi connectivity index (χ3v) is 3.90. The van der Waals surface area contributed by atoms with Gasteiger partial charge in [0, 0.05) is 32.9 Å². The number of nitriles is 1. The first kappa shape index (κ1) is 15.3. The van der Waals surface area contributed by atoms with E-state index in [1.165, 1.54) is 4.90 Å². The molecule has 0 saturated carbocycles. The summed E-state index contributed by atoms with van der Waals surface area (Å²) in [6, 6.07) is 9.41. The van der Waals surface area contributed by atoms with Gasteiger partial charge in [-0.25, -0.2) is 0 Å². The molecule has 1 unspecified atom stereocenters. The van der Waals surface area contributed by atoms with Crippen molar-refractivity contribution in [1.29, 1.82) is 5.26 Å². The number of carbonyl (C=O) groups is 1. The van der Waals surface area contributed by atoms with E-state index in [1.54, 1.807) is 26.2 Å². The SMILES string of the molecule is CN(C)C(=O)CC1(O)CCCN(c2ccc(C#N)cc2)C1. The molecule has 21 heavy (non-hydrogen) atoms. The number of β-amino-alcohol motifs (C(OH)–C–C–N with tert-alkyl or cyclic N) is 1. The van der Waals surface area contributed by atoms with Gasteiger partial charge in [0.05, 0.1) is 23.7 Å². The van der Waals surface area contributed by atoms with Gasteiger partial charge in [0.25, 0.3) is 0 Å². The molecule has 2 rings (SSSR count). The quantitative estimate of drug-likeness (QED) is 0.911. The Bertz CT molecular complexity index is 548. The Balaban J connectivity index is 2.09. The Kier molecular flexibility index (Phi) is 4.49. The van der Waals surface area contributed by atoms with E-state index in [-0.39, 0.29) is 12.3 Å². The van der Waals surface area contributed by atoms with Gasteiger partial charge in [-0.15, -0.1) is 0 Å². The van der Waals surface area contributed by atoms with E-state index >= 15 is 0 Å². The Hall–Kier alpha value is -2.06. The van der Waals surface area contributed by atoms with Crippen molar-refractivity contribution in [3.05, 3.63) is 29.8 Å². The molecule has 112 valence electrons. The molecule has 0 aliphatic carbocycles. The van der Waals surface area contributed by atoms with Crippen LogP contribution < -0.4 is 4.90 Å². The average Bonchev–Trinajstić information content (AvgIpc) is 2.47. The van der Waals surface area contributed by atoms with Crippen LogP contribution in [0.15, 0.2) is 24.3 Å². The highest BCUT2D eigenvalue weighted by Crippen LogP contribution is 2.28. The first-order valence-electron chi connectivity index (χ1n) is 7.11. The van der Waals surface area contributed by atoms with Gasteiger partial charge in [-0.1, -0.05) is 0 Å². The van der Waals surface area contributed by atoms with Crippen molar-refractivity contribution >= 4 is 11.6 Å². The van der Waals surface area contributed by atoms with Crippen LogP contribution in [0.4, 0.5) is 5.69 Å². The fraction of sp³-hybridized carbons (Fsp3) is 0.500. The lowest BCUT2D eigenvalue weighted by molar-refractivity contribution is -0.134. The highest BCUT2D eigenvalue weighted by molar-refractivity contribution is 5.76. The molecule has 0 radical (unpaired) electrons. The van der Waals surface area contributed by atoms with Crippen molar-refractivity contribution in [1.82, 2.24) is 4.90 Å². The third-order valence-electron chi connectivity index (χ3n) is 3.90. The maximum atomic E-state index is 11.9. The number of amides is 1. The standard InChI is InChI=1S/C16H21N3O2/c1-18(2)15(20)10-16(21)8-3-9-19(12-16)14-6-4-13(11-17)5-7-14/h4-7,21H,3,8-10,12H2,1-2H3. The molecule has 1 atom stereocenters. The number of piperidine rings is 1. The van der Waals surface area contributed by atoms with Crippen molar-refractivity contribution in [2.75, 3.05) is 32.1 Å². The minimum Gasteiger partial charge on any atom is -0.388 e. The first-order chi connectivity index (χ1) is 9.93. The molecule has 1 aromatic rings. The van der Waals surface area contributed by atoms with Crippen LogP contribution in [-0.4, -0.2) is 48.7 Å². The second-order valence-electron chi connectivity index (χ2n) is 5.87. The second kappa shape index (κ2) is 6.15. The van der Waals surface area contributed by atoms with Crippen LogP contribution in [-0.2, 0) is 4.79 Å². The van der Waals surface area contributed by atoms with E-state index in [0.29, 0.717) is 18.5 Å². The minimum atomic E-state index is -0.979. The largest absolute Gasteiger partial charge is 0.388 e. The van der Waals surface area contributed by atoms with Crippen LogP contribution in [0.5, 0.6) is 0 Å². The first-order valence-corrected chi connectivity index (χ1v) is 7.11. The number of rotatable bonds is 3. The Morgan fingerprint density at radius 3 is 2.67 bits per heavy atom. The summed E-state index contributed by atoms with van der Waals surface area (Å²) in [5, 5.41) is 19.5. The molecule has 1 N–H and O–H groups in total. The summed E-state index contributed by atoms with van der Waals surface area (Å²) in [5.74, 6) is -0.0563. The predicted molar refractivity (Wildman–Crippen MR) is 80.9 cm³/mol. The molecular weight excluding hydrogens is 266 g/mol. The fourth-order valence-corrected chi connectivity index (χ4v) is 2.66. The van der Waals surface area contributed by atoms with Gasteiger partial charge in [0.15, 0.2) is 0 Å². The average molecular weight is 287 g/mol. The Labute approximate surface area is 125 Å². The van der Waals surface area contributed by atoms with Gasteiger partial charge in [0.1, 0.15) is 0 Å². The molecule has 1 heterocycles. The highest BCUT2D eigenvalue weighted by atomic mass is 16.3. The third kappa shape index (κ3) is 3.73. The van der Waals surface area contributed by atoms with E-state index in [4.69, 9.17) is 5.26 Å². The molecule has 1 aliphatic rings. The number of aliphatic hydroxyl groups is 1. The lowest BCUT2D eigenvalue weighted by Crippen LogP contribution is -2.50. The maximum Gasteiger partial charge on any atom is 0.225 e. The van der Waals surface area contributed by atoms with Gasteiger partial charge < -0.3 is 14.9 Å². The number of hydrogen-bond donors (Lipinski definition) is 1. The summed E-state index contributed by atoms with van der Waals surface area (Å²) < 4.78 is 0. The van der Waals surface area contributed by atoms with E-state index in [1.807, 2.05) is 12.1 Å². The van der Waals surface area contributed by atoms with Crippen LogP contribution >= 0.6 is 0 Å². The monoisotopic (exact) mass is 287 g/mol. The molecule has 1 fully saturated rings. The maximum absolute atomic E-state index is 11.9. The van der Waals surface area contributed by atoms with Gasteiger partial charge in [0.2, 0.25) is 5.91 Å². The number of anilines is 1. The molecule has 1 saturated heterocycles. The molecule has 1 aromatic carbocycles. The van der Waals surface area contributed by atoms with Crippen molar-refractivity contribution in [2.24, 2.45) is 0 Å². The van der Waals surface area contributed by atoms with Crippen LogP contribution in [0.25, 0.3) is 0 Å². The van der Waals surface area contributed by atoms with Crippen LogP contribution in [0.3, 0.4) is 0 Å². The summed E-state index contributed by atoms with van der Waals surface area (Å²) in [5.41, 5.74) is 0.617. The topological polar surface area (TPSA) is 67.6 Å². The highest BCUT2D eigenvalue weighted by Gasteiger charge is 2.35. The minimum absolute atomic E-state index is 0.0563. The zero-order valence-electron chi connectivity index (χ0n) is 12.5. The molecule has 0 aromatic heterocycles. The normalized spacial score (nSPS) is 21.7. The van der Waals surface area contributed by atoms with Crippen molar-refractivity contribution in [3.63, 3.8) is 0 Å². The molecule has 5 heteroatoms. The molecular formula is C16H21N3O2. The Morgan fingerprint density at radius 1 is 1.43 bits per heavy atom. The fourth-order valence-electron chi connectivity index (χ4n) is 2.66. The van der Waals surface area contributed by atoms with Crippen LogP contribution in [0, 0.1) is 11.3 Å². The van der Waals surface area contributed by atoms with Crippen LogP contribution in [0.2, 0.25) is 0 Å². The smallest absolute Gasteiger partial charge is 0.225 e. The number of carbonyl (C=O) groups excluding carboxylic acids is 1. The van der Waals surface area contributed by atoms with Crippen molar-refractivity contribution < 1.29 is 9.90 Å². The van der Waals surface area contributed by atoms with E-state index in [0.717, 1.165) is 18.7 Å². The summed E-state index contributed by atoms with van der Waals surface area (Å²) in [7, 11) is 3.40. The predicted octanol–water partition coefficient (Wildman–Crippen LogP) is 1.37. The molecule has 1 amide bonds. The molecule has 1 aliphatic heterocycles.